The number of rotatable bonds is 5. The number of nitrogens with one attached hydrogen (secondary N) is 1. The Hall–Kier alpha value is -3.23. The lowest BCUT2D eigenvalue weighted by Crippen LogP contribution is -2.41. The molecule has 158 valence electrons. The predicted octanol–water partition coefficient (Wildman–Crippen LogP) is 3.63. The van der Waals surface area contributed by atoms with Crippen LogP contribution in [-0.2, 0) is 17.9 Å². The molecule has 2 aromatic heterocycles. The van der Waals surface area contributed by atoms with E-state index in [9.17, 15) is 18.8 Å². The van der Waals surface area contributed by atoms with E-state index < -0.39 is 23.0 Å². The van der Waals surface area contributed by atoms with Gasteiger partial charge in [-0.2, -0.15) is 0 Å². The third kappa shape index (κ3) is 4.04. The zero-order valence-corrected chi connectivity index (χ0v) is 18.0. The van der Waals surface area contributed by atoms with Gasteiger partial charge in [0.15, 0.2) is 0 Å². The van der Waals surface area contributed by atoms with Crippen LogP contribution in [0, 0.1) is 12.7 Å². The first-order valence-electron chi connectivity index (χ1n) is 9.36. The summed E-state index contributed by atoms with van der Waals surface area (Å²) in [5, 5.41) is 4.96. The average Bonchev–Trinajstić information content (AvgIpc) is 3.23. The van der Waals surface area contributed by atoms with E-state index in [4.69, 9.17) is 11.6 Å². The van der Waals surface area contributed by atoms with Gasteiger partial charge in [-0.3, -0.25) is 14.2 Å². The summed E-state index contributed by atoms with van der Waals surface area (Å²) < 4.78 is 16.2. The molecule has 2 heterocycles. The molecule has 0 saturated carbocycles. The Morgan fingerprint density at radius 1 is 1.16 bits per heavy atom. The zero-order valence-electron chi connectivity index (χ0n) is 16.4. The molecule has 0 aliphatic carbocycles. The largest absolute Gasteiger partial charge is 0.350 e. The second-order valence-electron chi connectivity index (χ2n) is 6.95. The lowest BCUT2D eigenvalue weighted by Gasteiger charge is -2.13. The molecule has 6 nitrogen and oxygen atoms in total. The molecular formula is C22H17ClFN3O3S. The number of nitrogens with zero attached hydrogens (tertiary/aromatic N) is 2. The molecule has 1 N–H and O–H groups in total. The van der Waals surface area contributed by atoms with Crippen molar-refractivity contribution in [2.45, 2.75) is 20.0 Å². The SMILES string of the molecule is Cc1cc(-n2c(=O)c3sccc3n(CC(=O)NCc3ccccc3Cl)c2=O)ccc1F. The number of carbonyl (C=O) groups is 1. The third-order valence-electron chi connectivity index (χ3n) is 4.89. The fraction of sp³-hybridized carbons (Fsp3) is 0.136. The summed E-state index contributed by atoms with van der Waals surface area (Å²) in [5.41, 5.74) is 0.498. The molecule has 31 heavy (non-hydrogen) atoms. The van der Waals surface area contributed by atoms with Gasteiger partial charge in [0.1, 0.15) is 17.1 Å². The lowest BCUT2D eigenvalue weighted by molar-refractivity contribution is -0.121. The van der Waals surface area contributed by atoms with Crippen LogP contribution < -0.4 is 16.6 Å². The summed E-state index contributed by atoms with van der Waals surface area (Å²) in [6.45, 7) is 1.47. The molecular weight excluding hydrogens is 441 g/mol. The fourth-order valence-corrected chi connectivity index (χ4v) is 4.30. The number of hydrogen-bond acceptors (Lipinski definition) is 4. The average molecular weight is 458 g/mol. The van der Waals surface area contributed by atoms with Gasteiger partial charge in [-0.1, -0.05) is 29.8 Å². The smallest absolute Gasteiger partial charge is 0.336 e. The number of benzene rings is 2. The minimum atomic E-state index is -0.671. The van der Waals surface area contributed by atoms with Crippen molar-refractivity contribution in [2.24, 2.45) is 0 Å². The Bertz CT molecular complexity index is 1420. The van der Waals surface area contributed by atoms with Crippen molar-refractivity contribution in [3.63, 3.8) is 0 Å². The van der Waals surface area contributed by atoms with E-state index >= 15 is 0 Å². The predicted molar refractivity (Wildman–Crippen MR) is 120 cm³/mol. The van der Waals surface area contributed by atoms with Crippen LogP contribution in [0.1, 0.15) is 11.1 Å². The van der Waals surface area contributed by atoms with Crippen molar-refractivity contribution >= 4 is 39.1 Å². The Labute approximate surface area is 185 Å². The Balaban J connectivity index is 1.72. The standard InChI is InChI=1S/C22H17ClFN3O3S/c1-13-10-15(6-7-17(13)24)27-21(29)20-18(8-9-31-20)26(22(27)30)12-19(28)25-11-14-4-2-3-5-16(14)23/h2-10H,11-12H2,1H3,(H,25,28). The van der Waals surface area contributed by atoms with Gasteiger partial charge in [-0.15, -0.1) is 11.3 Å². The van der Waals surface area contributed by atoms with E-state index in [0.717, 1.165) is 10.1 Å². The van der Waals surface area contributed by atoms with Crippen LogP contribution in [0.4, 0.5) is 4.39 Å². The molecule has 1 amide bonds. The van der Waals surface area contributed by atoms with Crippen LogP contribution in [0.2, 0.25) is 5.02 Å². The second-order valence-corrected chi connectivity index (χ2v) is 8.27. The molecule has 0 atom stereocenters. The summed E-state index contributed by atoms with van der Waals surface area (Å²) in [6.07, 6.45) is 0. The molecule has 0 radical (unpaired) electrons. The minimum absolute atomic E-state index is 0.205. The molecule has 0 saturated heterocycles. The van der Waals surface area contributed by atoms with Crippen LogP contribution in [0.5, 0.6) is 0 Å². The normalized spacial score (nSPS) is 11.1. The minimum Gasteiger partial charge on any atom is -0.350 e. The van der Waals surface area contributed by atoms with E-state index in [1.807, 2.05) is 6.07 Å². The molecule has 4 rings (SSSR count). The first-order chi connectivity index (χ1) is 14.9. The molecule has 4 aromatic rings. The van der Waals surface area contributed by atoms with E-state index in [0.29, 0.717) is 20.8 Å². The number of carbonyl (C=O) groups excluding carboxylic acids is 1. The van der Waals surface area contributed by atoms with E-state index in [1.54, 1.807) is 36.6 Å². The van der Waals surface area contributed by atoms with Gasteiger partial charge < -0.3 is 5.32 Å². The Morgan fingerprint density at radius 3 is 2.68 bits per heavy atom. The van der Waals surface area contributed by atoms with Gasteiger partial charge in [-0.05, 0) is 53.8 Å². The summed E-state index contributed by atoms with van der Waals surface area (Å²) in [5.74, 6) is -0.844. The maximum absolute atomic E-state index is 13.7. The maximum Gasteiger partial charge on any atom is 0.336 e. The van der Waals surface area contributed by atoms with Crippen LogP contribution in [0.15, 0.2) is 63.5 Å². The third-order valence-corrected chi connectivity index (χ3v) is 6.15. The number of aromatic nitrogens is 2. The molecule has 0 unspecified atom stereocenters. The lowest BCUT2D eigenvalue weighted by atomic mass is 10.2. The van der Waals surface area contributed by atoms with Gasteiger partial charge in [0, 0.05) is 11.6 Å². The van der Waals surface area contributed by atoms with Crippen molar-refractivity contribution in [1.29, 1.82) is 0 Å². The van der Waals surface area contributed by atoms with Crippen molar-refractivity contribution in [3.05, 3.63) is 96.7 Å². The van der Waals surface area contributed by atoms with Crippen molar-refractivity contribution in [2.75, 3.05) is 0 Å². The van der Waals surface area contributed by atoms with E-state index in [2.05, 4.69) is 5.32 Å². The number of halogens is 2. The van der Waals surface area contributed by atoms with Crippen LogP contribution >= 0.6 is 22.9 Å². The summed E-state index contributed by atoms with van der Waals surface area (Å²) >= 11 is 7.29. The summed E-state index contributed by atoms with van der Waals surface area (Å²) in [7, 11) is 0. The first-order valence-corrected chi connectivity index (χ1v) is 10.6. The number of thiophene rings is 1. The van der Waals surface area contributed by atoms with E-state index in [1.165, 1.54) is 34.1 Å². The summed E-state index contributed by atoms with van der Waals surface area (Å²) in [4.78, 5) is 38.7. The monoisotopic (exact) mass is 457 g/mol. The highest BCUT2D eigenvalue weighted by Gasteiger charge is 2.18. The molecule has 0 fully saturated rings. The number of amides is 1. The highest BCUT2D eigenvalue weighted by Crippen LogP contribution is 2.18. The Kier molecular flexibility index (Phi) is 5.75. The fourth-order valence-electron chi connectivity index (χ4n) is 3.27. The molecule has 2 aromatic carbocycles. The number of fused-ring (bicyclic) bond motifs is 1. The number of hydrogen-bond donors (Lipinski definition) is 1. The summed E-state index contributed by atoms with van der Waals surface area (Å²) in [6, 6.07) is 12.8. The van der Waals surface area contributed by atoms with E-state index in [-0.39, 0.29) is 18.8 Å². The maximum atomic E-state index is 13.7. The first kappa shape index (κ1) is 21.0. The highest BCUT2D eigenvalue weighted by molar-refractivity contribution is 7.17. The Morgan fingerprint density at radius 2 is 1.94 bits per heavy atom. The van der Waals surface area contributed by atoms with Gasteiger partial charge in [0.05, 0.1) is 11.2 Å². The van der Waals surface area contributed by atoms with Gasteiger partial charge >= 0.3 is 5.69 Å². The van der Waals surface area contributed by atoms with Gasteiger partial charge in [0.2, 0.25) is 5.91 Å². The van der Waals surface area contributed by atoms with Gasteiger partial charge in [0.25, 0.3) is 5.56 Å². The molecule has 0 aliphatic rings. The zero-order chi connectivity index (χ0) is 22.1. The van der Waals surface area contributed by atoms with Crippen LogP contribution in [0.3, 0.4) is 0 Å². The van der Waals surface area contributed by atoms with Crippen molar-refractivity contribution in [1.82, 2.24) is 14.5 Å². The molecule has 0 aliphatic heterocycles. The second kappa shape index (κ2) is 8.49. The number of aryl methyl sites for hydroxylation is 1. The topological polar surface area (TPSA) is 73.1 Å². The quantitative estimate of drug-likeness (QED) is 0.497. The van der Waals surface area contributed by atoms with Crippen molar-refractivity contribution < 1.29 is 9.18 Å². The molecule has 0 spiro atoms. The van der Waals surface area contributed by atoms with Crippen molar-refractivity contribution in [3.8, 4) is 5.69 Å². The molecule has 0 bridgehead atoms. The van der Waals surface area contributed by atoms with Crippen LogP contribution in [0.25, 0.3) is 15.9 Å². The highest BCUT2D eigenvalue weighted by atomic mass is 35.5. The molecule has 9 heteroatoms. The van der Waals surface area contributed by atoms with Crippen LogP contribution in [-0.4, -0.2) is 15.0 Å². The van der Waals surface area contributed by atoms with Gasteiger partial charge in [-0.25, -0.2) is 13.8 Å².